The van der Waals surface area contributed by atoms with Gasteiger partial charge in [0.05, 0.1) is 0 Å². The van der Waals surface area contributed by atoms with E-state index < -0.39 is 5.97 Å². The predicted molar refractivity (Wildman–Crippen MR) is 32.5 cm³/mol. The summed E-state index contributed by atoms with van der Waals surface area (Å²) in [7, 11) is 0. The quantitative estimate of drug-likeness (QED) is 0.373. The third-order valence-corrected chi connectivity index (χ3v) is 1.04. The van der Waals surface area contributed by atoms with Crippen molar-refractivity contribution in [2.24, 2.45) is 0 Å². The zero-order valence-corrected chi connectivity index (χ0v) is 14.0. The van der Waals surface area contributed by atoms with E-state index in [1.54, 1.807) is 0 Å². The molecule has 0 saturated carbocycles. The first-order chi connectivity index (χ1) is 4.27. The van der Waals surface area contributed by atoms with Crippen molar-refractivity contribution < 1.29 is 123 Å². The average Bonchev–Trinajstić information content (AvgIpc) is 1.80. The van der Waals surface area contributed by atoms with E-state index in [1.165, 1.54) is 0 Å². The molecule has 0 aromatic carbocycles. The number of aliphatic carboxylic acids is 1. The van der Waals surface area contributed by atoms with Gasteiger partial charge >= 0.3 is 103 Å². The van der Waals surface area contributed by atoms with Gasteiger partial charge in [-0.3, -0.25) is 0 Å². The fourth-order valence-electron chi connectivity index (χ4n) is 0.558. The number of unbranched alkanes of at least 4 members (excludes halogenated alkanes) is 2. The zero-order valence-electron chi connectivity index (χ0n) is 7.75. The molecule has 0 unspecified atom stereocenters. The molecule has 0 amide bonds. The predicted octanol–water partition coefficient (Wildman–Crippen LogP) is -6.88. The van der Waals surface area contributed by atoms with E-state index in [4.69, 9.17) is 5.11 Å². The SMILES string of the molecule is O=C([O-])CCCCCO.[K+].[K+].[OH-]. The summed E-state index contributed by atoms with van der Waals surface area (Å²) >= 11 is 0. The molecule has 0 saturated heterocycles. The Morgan fingerprint density at radius 2 is 1.67 bits per heavy atom. The van der Waals surface area contributed by atoms with Gasteiger partial charge in [0.25, 0.3) is 0 Å². The number of aliphatic hydroxyl groups is 1. The van der Waals surface area contributed by atoms with Crippen molar-refractivity contribution >= 4 is 5.97 Å². The van der Waals surface area contributed by atoms with Crippen molar-refractivity contribution in [2.45, 2.75) is 25.7 Å². The van der Waals surface area contributed by atoms with Crippen LogP contribution in [0.2, 0.25) is 0 Å². The van der Waals surface area contributed by atoms with Crippen LogP contribution >= 0.6 is 0 Å². The summed E-state index contributed by atoms with van der Waals surface area (Å²) in [6.07, 6.45) is 2.18. The van der Waals surface area contributed by atoms with Gasteiger partial charge in [0.2, 0.25) is 0 Å². The Morgan fingerprint density at radius 3 is 2.00 bits per heavy atom. The van der Waals surface area contributed by atoms with Gasteiger partial charge in [0, 0.05) is 12.6 Å². The summed E-state index contributed by atoms with van der Waals surface area (Å²) in [6, 6.07) is 0. The molecule has 12 heavy (non-hydrogen) atoms. The van der Waals surface area contributed by atoms with Crippen LogP contribution in [0.4, 0.5) is 0 Å². The van der Waals surface area contributed by atoms with Crippen LogP contribution in [0.3, 0.4) is 0 Å². The Morgan fingerprint density at radius 1 is 1.17 bits per heavy atom. The van der Waals surface area contributed by atoms with Gasteiger partial charge in [-0.25, -0.2) is 0 Å². The smallest absolute Gasteiger partial charge is 0.870 e. The molecule has 0 heterocycles. The summed E-state index contributed by atoms with van der Waals surface area (Å²) in [6.45, 7) is 0.146. The topological polar surface area (TPSA) is 90.4 Å². The third-order valence-electron chi connectivity index (χ3n) is 1.04. The molecule has 0 aromatic rings. The maximum absolute atomic E-state index is 9.79. The molecule has 62 valence electrons. The van der Waals surface area contributed by atoms with E-state index in [1.807, 2.05) is 0 Å². The first-order valence-electron chi connectivity index (χ1n) is 3.08. The summed E-state index contributed by atoms with van der Waals surface area (Å²) in [5.74, 6) is -1.01. The molecule has 0 aliphatic heterocycles. The molecule has 0 bridgehead atoms. The van der Waals surface area contributed by atoms with Crippen molar-refractivity contribution in [1.82, 2.24) is 0 Å². The summed E-state index contributed by atoms with van der Waals surface area (Å²) in [4.78, 5) is 9.79. The summed E-state index contributed by atoms with van der Waals surface area (Å²) in [5, 5.41) is 18.1. The minimum absolute atomic E-state index is 0. The molecule has 0 atom stereocenters. The second-order valence-electron chi connectivity index (χ2n) is 1.91. The van der Waals surface area contributed by atoms with E-state index in [-0.39, 0.29) is 121 Å². The Hall–Kier alpha value is 2.66. The molecule has 4 nitrogen and oxygen atoms in total. The van der Waals surface area contributed by atoms with Crippen LogP contribution in [0.25, 0.3) is 0 Å². The molecule has 2 N–H and O–H groups in total. The van der Waals surface area contributed by atoms with E-state index in [2.05, 4.69) is 0 Å². The first-order valence-corrected chi connectivity index (χ1v) is 3.08. The Bertz CT molecular complexity index is 89.6. The van der Waals surface area contributed by atoms with Crippen LogP contribution in [0.15, 0.2) is 0 Å². The maximum atomic E-state index is 9.79. The van der Waals surface area contributed by atoms with Crippen LogP contribution in [0.1, 0.15) is 25.7 Å². The minimum atomic E-state index is -1.01. The standard InChI is InChI=1S/C6H12O3.2K.H2O/c7-5-3-1-2-4-6(8)9;;;/h7H,1-5H2,(H,8,9);;;1H2/q;2*+1;/p-2. The zero-order chi connectivity index (χ0) is 7.11. The van der Waals surface area contributed by atoms with Crippen molar-refractivity contribution in [2.75, 3.05) is 6.61 Å². The van der Waals surface area contributed by atoms with E-state index >= 15 is 0 Å². The summed E-state index contributed by atoms with van der Waals surface area (Å²) in [5.41, 5.74) is 0. The van der Waals surface area contributed by atoms with Crippen LogP contribution in [0, 0.1) is 0 Å². The Kier molecular flexibility index (Phi) is 38.7. The second kappa shape index (κ2) is 19.3. The van der Waals surface area contributed by atoms with E-state index in [0.29, 0.717) is 12.8 Å². The van der Waals surface area contributed by atoms with E-state index in [0.717, 1.165) is 6.42 Å². The number of hydrogen-bond acceptors (Lipinski definition) is 4. The van der Waals surface area contributed by atoms with Crippen molar-refractivity contribution in [3.05, 3.63) is 0 Å². The second-order valence-corrected chi connectivity index (χ2v) is 1.91. The molecular formula is C6H12K2O4. The fourth-order valence-corrected chi connectivity index (χ4v) is 0.558. The molecule has 0 aromatic heterocycles. The Labute approximate surface area is 158 Å². The summed E-state index contributed by atoms with van der Waals surface area (Å²) < 4.78 is 0. The number of carboxylic acids is 1. The van der Waals surface area contributed by atoms with Gasteiger partial charge in [-0.1, -0.05) is 6.42 Å². The number of carboxylic acid groups (broad SMARTS) is 1. The molecule has 0 aliphatic rings. The Balaban J connectivity index is -0.000000107. The normalized spacial score (nSPS) is 7.08. The number of hydrogen-bond donors (Lipinski definition) is 1. The fraction of sp³-hybridized carbons (Fsp3) is 0.833. The number of carbonyl (C=O) groups is 1. The van der Waals surface area contributed by atoms with E-state index in [9.17, 15) is 9.90 Å². The first kappa shape index (κ1) is 24.1. The van der Waals surface area contributed by atoms with Gasteiger partial charge in [-0.15, -0.1) is 0 Å². The van der Waals surface area contributed by atoms with Gasteiger partial charge in [0.15, 0.2) is 0 Å². The number of carbonyl (C=O) groups excluding carboxylic acids is 1. The molecule has 0 spiro atoms. The van der Waals surface area contributed by atoms with Crippen LogP contribution < -0.4 is 108 Å². The average molecular weight is 226 g/mol. The van der Waals surface area contributed by atoms with Gasteiger partial charge in [0.1, 0.15) is 0 Å². The van der Waals surface area contributed by atoms with Crippen LogP contribution in [0.5, 0.6) is 0 Å². The molecule has 0 fully saturated rings. The van der Waals surface area contributed by atoms with Crippen molar-refractivity contribution in [1.29, 1.82) is 0 Å². The van der Waals surface area contributed by atoms with Crippen molar-refractivity contribution in [3.63, 3.8) is 0 Å². The molecule has 0 radical (unpaired) electrons. The van der Waals surface area contributed by atoms with Gasteiger partial charge in [-0.2, -0.15) is 0 Å². The van der Waals surface area contributed by atoms with Crippen LogP contribution in [-0.2, 0) is 4.79 Å². The van der Waals surface area contributed by atoms with Gasteiger partial charge < -0.3 is 20.5 Å². The molecular weight excluding hydrogens is 214 g/mol. The number of rotatable bonds is 5. The molecule has 0 aliphatic carbocycles. The van der Waals surface area contributed by atoms with Gasteiger partial charge in [-0.05, 0) is 19.3 Å². The monoisotopic (exact) mass is 226 g/mol. The maximum Gasteiger partial charge on any atom is 1.00 e. The largest absolute Gasteiger partial charge is 1.00 e. The number of aliphatic hydroxyl groups excluding tert-OH is 1. The third kappa shape index (κ3) is 23.0. The van der Waals surface area contributed by atoms with Crippen LogP contribution in [-0.4, -0.2) is 23.2 Å². The molecule has 0 rings (SSSR count). The molecule has 6 heteroatoms. The van der Waals surface area contributed by atoms with Crippen molar-refractivity contribution in [3.8, 4) is 0 Å². The minimum Gasteiger partial charge on any atom is -0.870 e.